The highest BCUT2D eigenvalue weighted by Gasteiger charge is 2.18. The Bertz CT molecular complexity index is 1020. The van der Waals surface area contributed by atoms with Crippen LogP contribution in [0.1, 0.15) is 5.56 Å². The van der Waals surface area contributed by atoms with Gasteiger partial charge in [-0.05, 0) is 45.6 Å². The van der Waals surface area contributed by atoms with Gasteiger partial charge < -0.3 is 15.1 Å². The minimum atomic E-state index is -1.26. The molecule has 1 aromatic carbocycles. The second-order valence-corrected chi connectivity index (χ2v) is 7.81. The number of aliphatic carboxylic acids is 2. The van der Waals surface area contributed by atoms with Crippen molar-refractivity contribution in [2.45, 2.75) is 6.54 Å². The van der Waals surface area contributed by atoms with Gasteiger partial charge in [-0.25, -0.2) is 19.6 Å². The lowest BCUT2D eigenvalue weighted by molar-refractivity contribution is -0.134. The third-order valence-corrected chi connectivity index (χ3v) is 5.45. The van der Waals surface area contributed by atoms with Gasteiger partial charge in [-0.1, -0.05) is 18.2 Å². The normalized spacial score (nSPS) is 14.1. The van der Waals surface area contributed by atoms with Crippen LogP contribution < -0.4 is 4.90 Å². The number of carboxylic acids is 2. The molecule has 8 nitrogen and oxygen atoms in total. The van der Waals surface area contributed by atoms with Crippen LogP contribution in [0.4, 0.5) is 5.95 Å². The Labute approximate surface area is 190 Å². The van der Waals surface area contributed by atoms with Crippen molar-refractivity contribution in [1.82, 2.24) is 14.9 Å². The first-order valence-electron chi connectivity index (χ1n) is 10.0. The molecule has 2 N–H and O–H groups in total. The topological polar surface area (TPSA) is 107 Å². The fourth-order valence-corrected chi connectivity index (χ4v) is 3.90. The predicted octanol–water partition coefficient (Wildman–Crippen LogP) is 3.24. The predicted molar refractivity (Wildman–Crippen MR) is 124 cm³/mol. The standard InChI is InChI=1S/C19H20N4S.C4H4O4/c1-3-16(13-17(4-1)18-5-12-24-15-18)14-22-8-10-23(11-9-22)19-20-6-2-7-21-19;5-3(6)1-2-4(7)8/h1-7,12-13,15H,8-11,14H2;1-2H,(H,5,6)(H,7,8). The second-order valence-electron chi connectivity index (χ2n) is 7.03. The van der Waals surface area contributed by atoms with Gasteiger partial charge in [0.2, 0.25) is 5.95 Å². The first kappa shape index (κ1) is 23.1. The van der Waals surface area contributed by atoms with E-state index in [4.69, 9.17) is 10.2 Å². The van der Waals surface area contributed by atoms with Crippen LogP contribution in [0.2, 0.25) is 0 Å². The summed E-state index contributed by atoms with van der Waals surface area (Å²) in [6.45, 7) is 5.05. The average molecular weight is 453 g/mol. The number of rotatable bonds is 6. The van der Waals surface area contributed by atoms with Crippen molar-refractivity contribution >= 4 is 29.2 Å². The van der Waals surface area contributed by atoms with Gasteiger partial charge in [0.15, 0.2) is 0 Å². The minimum Gasteiger partial charge on any atom is -0.478 e. The molecular formula is C23H24N4O4S. The highest BCUT2D eigenvalue weighted by molar-refractivity contribution is 7.08. The third-order valence-electron chi connectivity index (χ3n) is 4.76. The summed E-state index contributed by atoms with van der Waals surface area (Å²) in [6.07, 6.45) is 4.74. The van der Waals surface area contributed by atoms with Gasteiger partial charge in [0.25, 0.3) is 0 Å². The molecule has 1 aliphatic heterocycles. The Morgan fingerprint density at radius 2 is 1.62 bits per heavy atom. The molecule has 1 aliphatic rings. The van der Waals surface area contributed by atoms with Gasteiger partial charge >= 0.3 is 11.9 Å². The van der Waals surface area contributed by atoms with E-state index in [1.54, 1.807) is 11.3 Å². The maximum atomic E-state index is 9.55. The van der Waals surface area contributed by atoms with E-state index in [2.05, 4.69) is 60.9 Å². The molecule has 0 saturated carbocycles. The van der Waals surface area contributed by atoms with Gasteiger partial charge in [0.1, 0.15) is 0 Å². The molecule has 1 saturated heterocycles. The van der Waals surface area contributed by atoms with Gasteiger partial charge in [-0.3, -0.25) is 4.90 Å². The molecule has 9 heteroatoms. The van der Waals surface area contributed by atoms with Gasteiger partial charge in [0.05, 0.1) is 0 Å². The van der Waals surface area contributed by atoms with E-state index in [9.17, 15) is 9.59 Å². The number of anilines is 1. The van der Waals surface area contributed by atoms with Crippen LogP contribution in [0.25, 0.3) is 11.1 Å². The number of piperazine rings is 1. The molecule has 32 heavy (non-hydrogen) atoms. The van der Waals surface area contributed by atoms with E-state index in [1.807, 2.05) is 18.5 Å². The van der Waals surface area contributed by atoms with Crippen molar-refractivity contribution < 1.29 is 19.8 Å². The van der Waals surface area contributed by atoms with Crippen LogP contribution in [0.5, 0.6) is 0 Å². The zero-order chi connectivity index (χ0) is 22.8. The quantitative estimate of drug-likeness (QED) is 0.549. The number of benzene rings is 1. The number of aromatic nitrogens is 2. The lowest BCUT2D eigenvalue weighted by Crippen LogP contribution is -2.46. The molecule has 0 aliphatic carbocycles. The van der Waals surface area contributed by atoms with Crippen LogP contribution in [0.15, 0.2) is 71.7 Å². The Morgan fingerprint density at radius 1 is 0.938 bits per heavy atom. The average Bonchev–Trinajstić information content (AvgIpc) is 3.35. The molecule has 0 unspecified atom stereocenters. The Hall–Kier alpha value is -3.56. The SMILES string of the molecule is O=C(O)C=CC(=O)O.c1cnc(N2CCN(Cc3cccc(-c4ccsc4)c3)CC2)nc1. The number of hydrogen-bond acceptors (Lipinski definition) is 7. The molecule has 2 aromatic heterocycles. The molecule has 4 rings (SSSR count). The summed E-state index contributed by atoms with van der Waals surface area (Å²) in [5.74, 6) is -1.67. The monoisotopic (exact) mass is 452 g/mol. The summed E-state index contributed by atoms with van der Waals surface area (Å²) in [5, 5.41) is 20.0. The van der Waals surface area contributed by atoms with Crippen LogP contribution in [0, 0.1) is 0 Å². The third kappa shape index (κ3) is 7.29. The van der Waals surface area contributed by atoms with Crippen molar-refractivity contribution in [2.75, 3.05) is 31.1 Å². The zero-order valence-electron chi connectivity index (χ0n) is 17.4. The molecule has 1 fully saturated rings. The van der Waals surface area contributed by atoms with Crippen molar-refractivity contribution in [3.63, 3.8) is 0 Å². The number of hydrogen-bond donors (Lipinski definition) is 2. The van der Waals surface area contributed by atoms with Crippen molar-refractivity contribution in [3.05, 3.63) is 77.3 Å². The lowest BCUT2D eigenvalue weighted by atomic mass is 10.1. The van der Waals surface area contributed by atoms with Gasteiger partial charge in [0, 0.05) is 57.3 Å². The van der Waals surface area contributed by atoms with E-state index >= 15 is 0 Å². The summed E-state index contributed by atoms with van der Waals surface area (Å²) >= 11 is 1.75. The molecule has 0 radical (unpaired) electrons. The van der Waals surface area contributed by atoms with Crippen LogP contribution in [-0.2, 0) is 16.1 Å². The van der Waals surface area contributed by atoms with Crippen LogP contribution in [0.3, 0.4) is 0 Å². The number of thiophene rings is 1. The molecule has 3 aromatic rings. The van der Waals surface area contributed by atoms with Gasteiger partial charge in [-0.2, -0.15) is 11.3 Å². The Kier molecular flexibility index (Phi) is 8.47. The van der Waals surface area contributed by atoms with Crippen LogP contribution in [-0.4, -0.2) is 63.2 Å². The van der Waals surface area contributed by atoms with Crippen molar-refractivity contribution in [1.29, 1.82) is 0 Å². The summed E-state index contributed by atoms with van der Waals surface area (Å²) in [4.78, 5) is 32.6. The smallest absolute Gasteiger partial charge is 0.328 e. The van der Waals surface area contributed by atoms with Gasteiger partial charge in [-0.15, -0.1) is 0 Å². The maximum absolute atomic E-state index is 9.55. The maximum Gasteiger partial charge on any atom is 0.328 e. The summed E-state index contributed by atoms with van der Waals surface area (Å²) in [6, 6.07) is 12.9. The molecule has 0 spiro atoms. The fraction of sp³-hybridized carbons (Fsp3) is 0.217. The Balaban J connectivity index is 0.000000312. The highest BCUT2D eigenvalue weighted by Crippen LogP contribution is 2.23. The second kappa shape index (κ2) is 11.7. The molecular weight excluding hydrogens is 428 g/mol. The number of carboxylic acid groups (broad SMARTS) is 2. The molecule has 0 bridgehead atoms. The summed E-state index contributed by atoms with van der Waals surface area (Å²) < 4.78 is 0. The van der Waals surface area contributed by atoms with E-state index < -0.39 is 11.9 Å². The fourth-order valence-electron chi connectivity index (χ4n) is 3.24. The van der Waals surface area contributed by atoms with E-state index in [0.717, 1.165) is 38.7 Å². The molecule has 0 amide bonds. The number of nitrogens with zero attached hydrogens (tertiary/aromatic N) is 4. The highest BCUT2D eigenvalue weighted by atomic mass is 32.1. The lowest BCUT2D eigenvalue weighted by Gasteiger charge is -2.34. The summed E-state index contributed by atoms with van der Waals surface area (Å²) in [5.41, 5.74) is 4.00. The van der Waals surface area contributed by atoms with E-state index in [0.29, 0.717) is 12.2 Å². The minimum absolute atomic E-state index is 0.558. The molecule has 3 heterocycles. The largest absolute Gasteiger partial charge is 0.478 e. The van der Waals surface area contributed by atoms with E-state index in [-0.39, 0.29) is 0 Å². The summed E-state index contributed by atoms with van der Waals surface area (Å²) in [7, 11) is 0. The molecule has 0 atom stereocenters. The van der Waals surface area contributed by atoms with Crippen LogP contribution >= 0.6 is 11.3 Å². The zero-order valence-corrected chi connectivity index (χ0v) is 18.2. The molecule has 166 valence electrons. The number of carbonyl (C=O) groups is 2. The first-order valence-corrected chi connectivity index (χ1v) is 11.0. The first-order chi connectivity index (χ1) is 15.5. The van der Waals surface area contributed by atoms with Crippen molar-refractivity contribution in [3.8, 4) is 11.1 Å². The Morgan fingerprint density at radius 3 is 2.22 bits per heavy atom. The van der Waals surface area contributed by atoms with E-state index in [1.165, 1.54) is 16.7 Å². The van der Waals surface area contributed by atoms with Crippen molar-refractivity contribution in [2.24, 2.45) is 0 Å².